The Bertz CT molecular complexity index is 191. The molecule has 0 aliphatic carbocycles. The van der Waals surface area contributed by atoms with Crippen LogP contribution < -0.4 is 5.32 Å². The van der Waals surface area contributed by atoms with Crippen molar-refractivity contribution in [1.29, 1.82) is 0 Å². The lowest BCUT2D eigenvalue weighted by molar-refractivity contribution is -0.118. The second-order valence-electron chi connectivity index (χ2n) is 2.50. The molecule has 13 heavy (non-hydrogen) atoms. The number of halogens is 1. The van der Waals surface area contributed by atoms with E-state index in [-0.39, 0.29) is 5.91 Å². The first-order valence-electron chi connectivity index (χ1n) is 4.14. The Balaban J connectivity index is 3.08. The largest absolute Gasteiger partial charge is 0.355 e. The lowest BCUT2D eigenvalue weighted by Gasteiger charge is -2.01. The van der Waals surface area contributed by atoms with Crippen LogP contribution in [0.5, 0.6) is 0 Å². The number of carbonyl (C=O) groups is 1. The summed E-state index contributed by atoms with van der Waals surface area (Å²) in [6.07, 6.45) is 2.79. The zero-order valence-electron chi connectivity index (χ0n) is 7.37. The zero-order valence-corrected chi connectivity index (χ0v) is 8.96. The van der Waals surface area contributed by atoms with Crippen LogP contribution in [0.25, 0.3) is 10.4 Å². The third-order valence-electron chi connectivity index (χ3n) is 1.44. The fraction of sp³-hybridized carbons (Fsp3) is 0.857. The normalized spacial score (nSPS) is 9.00. The van der Waals surface area contributed by atoms with Gasteiger partial charge in [0.1, 0.15) is 0 Å². The number of hydrogen-bond donors (Lipinski definition) is 1. The van der Waals surface area contributed by atoms with Crippen LogP contribution in [0.1, 0.15) is 19.3 Å². The molecule has 0 saturated heterocycles. The van der Waals surface area contributed by atoms with Crippen molar-refractivity contribution in [3.63, 3.8) is 0 Å². The highest BCUT2D eigenvalue weighted by Crippen LogP contribution is 1.94. The summed E-state index contributed by atoms with van der Waals surface area (Å²) in [7, 11) is 0. The van der Waals surface area contributed by atoms with Gasteiger partial charge < -0.3 is 5.32 Å². The molecular formula is C7H13BrN4O. The van der Waals surface area contributed by atoms with Gasteiger partial charge in [-0.15, -0.1) is 0 Å². The van der Waals surface area contributed by atoms with Crippen LogP contribution in [0.3, 0.4) is 0 Å². The van der Waals surface area contributed by atoms with Crippen molar-refractivity contribution in [3.8, 4) is 0 Å². The molecule has 1 amide bonds. The molecule has 0 rings (SSSR count). The van der Waals surface area contributed by atoms with Crippen molar-refractivity contribution in [2.24, 2.45) is 5.11 Å². The maximum absolute atomic E-state index is 10.7. The van der Waals surface area contributed by atoms with Crippen molar-refractivity contribution in [1.82, 2.24) is 5.32 Å². The van der Waals surface area contributed by atoms with Gasteiger partial charge in [0, 0.05) is 18.0 Å². The van der Waals surface area contributed by atoms with Gasteiger partial charge in [-0.1, -0.05) is 27.5 Å². The van der Waals surface area contributed by atoms with Crippen molar-refractivity contribution in [2.75, 3.05) is 18.4 Å². The molecule has 0 aromatic heterocycles. The van der Waals surface area contributed by atoms with Gasteiger partial charge in [0.15, 0.2) is 0 Å². The molecule has 0 aliphatic heterocycles. The van der Waals surface area contributed by atoms with Crippen LogP contribution in [-0.2, 0) is 4.79 Å². The summed E-state index contributed by atoms with van der Waals surface area (Å²) in [5.74, 6) is 0.00930. The van der Waals surface area contributed by atoms with Gasteiger partial charge in [-0.3, -0.25) is 4.79 Å². The first-order valence-corrected chi connectivity index (χ1v) is 5.27. The van der Waals surface area contributed by atoms with E-state index in [9.17, 15) is 4.79 Å². The number of nitrogens with zero attached hydrogens (tertiary/aromatic N) is 3. The van der Waals surface area contributed by atoms with Crippen LogP contribution in [0.15, 0.2) is 5.11 Å². The van der Waals surface area contributed by atoms with Crippen LogP contribution >= 0.6 is 15.9 Å². The molecule has 0 aliphatic rings. The Morgan fingerprint density at radius 1 is 1.46 bits per heavy atom. The van der Waals surface area contributed by atoms with E-state index in [0.29, 0.717) is 18.4 Å². The highest BCUT2D eigenvalue weighted by Gasteiger charge is 1.95. The third kappa shape index (κ3) is 9.17. The van der Waals surface area contributed by atoms with E-state index < -0.39 is 0 Å². The molecule has 0 spiro atoms. The summed E-state index contributed by atoms with van der Waals surface area (Å²) < 4.78 is 0. The molecule has 1 N–H and O–H groups in total. The number of azide groups is 1. The van der Waals surface area contributed by atoms with Crippen molar-refractivity contribution in [2.45, 2.75) is 19.3 Å². The minimum absolute atomic E-state index is 0.00930. The van der Waals surface area contributed by atoms with Crippen molar-refractivity contribution < 1.29 is 4.79 Å². The number of nitrogens with one attached hydrogen (secondary N) is 1. The number of alkyl halides is 1. The second kappa shape index (κ2) is 9.35. The predicted octanol–water partition coefficient (Wildman–Crippen LogP) is 1.98. The number of rotatable bonds is 7. The van der Waals surface area contributed by atoms with E-state index in [0.717, 1.165) is 19.3 Å². The summed E-state index contributed by atoms with van der Waals surface area (Å²) in [6, 6.07) is 0. The van der Waals surface area contributed by atoms with Crippen LogP contribution in [0.4, 0.5) is 0 Å². The summed E-state index contributed by atoms with van der Waals surface area (Å²) in [6.45, 7) is 1.24. The van der Waals surface area contributed by atoms with Gasteiger partial charge in [-0.05, 0) is 18.4 Å². The summed E-state index contributed by atoms with van der Waals surface area (Å²) in [5, 5.41) is 6.49. The Morgan fingerprint density at radius 2 is 2.23 bits per heavy atom. The predicted molar refractivity (Wildman–Crippen MR) is 54.7 cm³/mol. The van der Waals surface area contributed by atoms with Gasteiger partial charge in [0.05, 0.1) is 5.33 Å². The number of amides is 1. The molecule has 0 radical (unpaired) electrons. The smallest absolute Gasteiger partial charge is 0.230 e. The molecule has 0 bridgehead atoms. The Hall–Kier alpha value is -0.740. The quantitative estimate of drug-likeness (QED) is 0.242. The average Bonchev–Trinajstić information content (AvgIpc) is 2.16. The minimum Gasteiger partial charge on any atom is -0.355 e. The highest BCUT2D eigenvalue weighted by molar-refractivity contribution is 9.09. The fourth-order valence-corrected chi connectivity index (χ4v) is 1.00. The fourth-order valence-electron chi connectivity index (χ4n) is 0.804. The van der Waals surface area contributed by atoms with Gasteiger partial charge in [0.2, 0.25) is 5.91 Å². The average molecular weight is 249 g/mol. The molecule has 74 valence electrons. The molecule has 0 fully saturated rings. The van der Waals surface area contributed by atoms with E-state index in [2.05, 4.69) is 31.3 Å². The Morgan fingerprint density at radius 3 is 2.85 bits per heavy atom. The maximum atomic E-state index is 10.7. The molecule has 0 heterocycles. The van der Waals surface area contributed by atoms with E-state index >= 15 is 0 Å². The summed E-state index contributed by atoms with van der Waals surface area (Å²) in [5.41, 5.74) is 7.97. The van der Waals surface area contributed by atoms with Gasteiger partial charge >= 0.3 is 0 Å². The van der Waals surface area contributed by atoms with Crippen LogP contribution in [-0.4, -0.2) is 24.3 Å². The van der Waals surface area contributed by atoms with Crippen LogP contribution in [0.2, 0.25) is 0 Å². The number of carbonyl (C=O) groups excluding carboxylic acids is 1. The molecule has 0 atom stereocenters. The lowest BCUT2D eigenvalue weighted by atomic mass is 10.2. The van der Waals surface area contributed by atoms with Crippen molar-refractivity contribution >= 4 is 21.8 Å². The van der Waals surface area contributed by atoms with E-state index in [1.807, 2.05) is 0 Å². The Kier molecular flexibility index (Phi) is 8.82. The zero-order chi connectivity index (χ0) is 9.94. The number of unbranched alkanes of at least 4 members (excludes halogenated alkanes) is 2. The van der Waals surface area contributed by atoms with E-state index in [4.69, 9.17) is 5.53 Å². The van der Waals surface area contributed by atoms with E-state index in [1.54, 1.807) is 0 Å². The highest BCUT2D eigenvalue weighted by atomic mass is 79.9. The monoisotopic (exact) mass is 248 g/mol. The Labute approximate surface area is 85.6 Å². The molecule has 0 aromatic rings. The first-order chi connectivity index (χ1) is 6.31. The first kappa shape index (κ1) is 12.3. The number of hydrogen-bond acceptors (Lipinski definition) is 2. The molecule has 0 unspecified atom stereocenters. The third-order valence-corrected chi connectivity index (χ3v) is 1.95. The SMILES string of the molecule is [N-]=[N+]=NCCCCCNC(=O)CBr. The maximum Gasteiger partial charge on any atom is 0.230 e. The molecule has 6 heteroatoms. The topological polar surface area (TPSA) is 77.9 Å². The minimum atomic E-state index is 0.00930. The summed E-state index contributed by atoms with van der Waals surface area (Å²) >= 11 is 3.05. The summed E-state index contributed by atoms with van der Waals surface area (Å²) in [4.78, 5) is 13.4. The molecule has 5 nitrogen and oxygen atoms in total. The second-order valence-corrected chi connectivity index (χ2v) is 3.06. The van der Waals surface area contributed by atoms with Gasteiger partial charge in [0.25, 0.3) is 0 Å². The van der Waals surface area contributed by atoms with Gasteiger partial charge in [-0.2, -0.15) is 0 Å². The van der Waals surface area contributed by atoms with Crippen LogP contribution in [0, 0.1) is 0 Å². The standard InChI is InChI=1S/C7H13BrN4O/c8-6-7(13)10-4-2-1-3-5-11-12-9/h1-6H2,(H,10,13). The molecule has 0 saturated carbocycles. The molecular weight excluding hydrogens is 236 g/mol. The van der Waals surface area contributed by atoms with E-state index in [1.165, 1.54) is 0 Å². The van der Waals surface area contributed by atoms with Gasteiger partial charge in [-0.25, -0.2) is 0 Å². The van der Waals surface area contributed by atoms with Crippen molar-refractivity contribution in [3.05, 3.63) is 10.4 Å². The lowest BCUT2D eigenvalue weighted by Crippen LogP contribution is -2.25. The molecule has 0 aromatic carbocycles.